The number of rotatable bonds is 2. The van der Waals surface area contributed by atoms with E-state index in [0.29, 0.717) is 50.7 Å². The molecule has 1 spiro atoms. The van der Waals surface area contributed by atoms with Crippen LogP contribution in [0.4, 0.5) is 19.0 Å². The van der Waals surface area contributed by atoms with E-state index in [1.54, 1.807) is 6.92 Å². The van der Waals surface area contributed by atoms with Crippen LogP contribution in [0.25, 0.3) is 5.95 Å². The third-order valence-corrected chi connectivity index (χ3v) is 4.58. The van der Waals surface area contributed by atoms with Gasteiger partial charge in [0.2, 0.25) is 0 Å². The molecule has 2 aliphatic heterocycles. The van der Waals surface area contributed by atoms with Crippen molar-refractivity contribution in [1.29, 1.82) is 0 Å². The molecule has 0 aliphatic carbocycles. The first-order valence-electron chi connectivity index (χ1n) is 8.36. The second-order valence-electron chi connectivity index (χ2n) is 6.41. The molecule has 0 unspecified atom stereocenters. The maximum absolute atomic E-state index is 12.8. The van der Waals surface area contributed by atoms with Crippen molar-refractivity contribution in [3.8, 4) is 5.95 Å². The Morgan fingerprint density at radius 2 is 1.81 bits per heavy atom. The number of aromatic nitrogens is 4. The summed E-state index contributed by atoms with van der Waals surface area (Å²) < 4.78 is 50.8. The quantitative estimate of drug-likeness (QED) is 0.810. The Morgan fingerprint density at radius 1 is 1.12 bits per heavy atom. The van der Waals surface area contributed by atoms with Gasteiger partial charge in [-0.15, -0.1) is 0 Å². The fourth-order valence-electron chi connectivity index (χ4n) is 3.25. The lowest BCUT2D eigenvalue weighted by molar-refractivity contribution is -0.169. The second kappa shape index (κ2) is 6.20. The lowest BCUT2D eigenvalue weighted by atomic mass is 10.0. The summed E-state index contributed by atoms with van der Waals surface area (Å²) in [4.78, 5) is 10.7. The van der Waals surface area contributed by atoms with Gasteiger partial charge in [0.05, 0.1) is 13.2 Å². The zero-order chi connectivity index (χ0) is 18.4. The van der Waals surface area contributed by atoms with Crippen molar-refractivity contribution < 1.29 is 22.6 Å². The van der Waals surface area contributed by atoms with Crippen molar-refractivity contribution in [3.05, 3.63) is 29.7 Å². The van der Waals surface area contributed by atoms with Crippen molar-refractivity contribution >= 4 is 5.82 Å². The lowest BCUT2D eigenvalue weighted by Gasteiger charge is -2.38. The van der Waals surface area contributed by atoms with Crippen molar-refractivity contribution in [2.24, 2.45) is 0 Å². The Balaban J connectivity index is 1.56. The van der Waals surface area contributed by atoms with Gasteiger partial charge in [0, 0.05) is 43.9 Å². The lowest BCUT2D eigenvalue weighted by Crippen LogP contribution is -2.45. The largest absolute Gasteiger partial charge is 0.435 e. The molecule has 0 N–H and O–H groups in total. The van der Waals surface area contributed by atoms with E-state index in [-0.39, 0.29) is 5.95 Å². The summed E-state index contributed by atoms with van der Waals surface area (Å²) in [6.07, 6.45) is -1.86. The number of alkyl halides is 3. The van der Waals surface area contributed by atoms with E-state index in [9.17, 15) is 13.2 Å². The molecule has 26 heavy (non-hydrogen) atoms. The molecule has 2 saturated heterocycles. The minimum Gasteiger partial charge on any atom is -0.356 e. The van der Waals surface area contributed by atoms with Gasteiger partial charge < -0.3 is 14.4 Å². The summed E-state index contributed by atoms with van der Waals surface area (Å²) in [5, 5.41) is 3.55. The molecule has 2 fully saturated rings. The average Bonchev–Trinajstić information content (AvgIpc) is 3.25. The highest BCUT2D eigenvalue weighted by atomic mass is 19.4. The Hall–Kier alpha value is -2.20. The second-order valence-corrected chi connectivity index (χ2v) is 6.41. The standard InChI is InChI=1S/C16H18F3N5O2/c1-11-10-13(23-6-3-15(4-7-23)25-8-9-26-15)21-14(20-11)24-5-2-12(22-24)16(17,18)19/h2,5,10H,3-4,6-9H2,1H3. The number of nitrogens with zero attached hydrogens (tertiary/aromatic N) is 5. The van der Waals surface area contributed by atoms with Crippen molar-refractivity contribution in [2.45, 2.75) is 31.7 Å². The van der Waals surface area contributed by atoms with Crippen LogP contribution in [-0.4, -0.2) is 51.8 Å². The first kappa shape index (κ1) is 17.2. The number of halogens is 3. The predicted molar refractivity (Wildman–Crippen MR) is 85.0 cm³/mol. The van der Waals surface area contributed by atoms with E-state index in [0.717, 1.165) is 10.7 Å². The van der Waals surface area contributed by atoms with Gasteiger partial charge in [-0.25, -0.2) is 9.67 Å². The highest BCUT2D eigenvalue weighted by Crippen LogP contribution is 2.33. The summed E-state index contributed by atoms with van der Waals surface area (Å²) in [5.74, 6) is 0.277. The molecule has 0 bridgehead atoms. The van der Waals surface area contributed by atoms with Gasteiger partial charge >= 0.3 is 6.18 Å². The minimum atomic E-state index is -4.50. The maximum atomic E-state index is 12.8. The molecular formula is C16H18F3N5O2. The average molecular weight is 369 g/mol. The molecule has 2 aromatic heterocycles. The predicted octanol–water partition coefficient (Wildman–Crippen LogP) is 2.33. The van der Waals surface area contributed by atoms with Crippen molar-refractivity contribution in [2.75, 3.05) is 31.2 Å². The number of hydrogen-bond acceptors (Lipinski definition) is 6. The van der Waals surface area contributed by atoms with Crippen LogP contribution in [0.15, 0.2) is 18.3 Å². The first-order chi connectivity index (χ1) is 12.3. The van der Waals surface area contributed by atoms with E-state index in [2.05, 4.69) is 20.0 Å². The minimum absolute atomic E-state index is 0.115. The fraction of sp³-hybridized carbons (Fsp3) is 0.562. The molecule has 0 aromatic carbocycles. The van der Waals surface area contributed by atoms with E-state index < -0.39 is 17.7 Å². The SMILES string of the molecule is Cc1cc(N2CCC3(CC2)OCCO3)nc(-n2ccc(C(F)(F)F)n2)n1. The molecular weight excluding hydrogens is 351 g/mol. The summed E-state index contributed by atoms with van der Waals surface area (Å²) in [5.41, 5.74) is -0.317. The summed E-state index contributed by atoms with van der Waals surface area (Å²) in [7, 11) is 0. The molecule has 4 heterocycles. The molecule has 0 amide bonds. The third-order valence-electron chi connectivity index (χ3n) is 4.58. The molecule has 0 saturated carbocycles. The molecule has 7 nitrogen and oxygen atoms in total. The summed E-state index contributed by atoms with van der Waals surface area (Å²) >= 11 is 0. The number of hydrogen-bond donors (Lipinski definition) is 0. The zero-order valence-corrected chi connectivity index (χ0v) is 14.2. The maximum Gasteiger partial charge on any atom is 0.435 e. The Labute approximate surface area is 147 Å². The smallest absolute Gasteiger partial charge is 0.356 e. The topological polar surface area (TPSA) is 65.3 Å². The van der Waals surface area contributed by atoms with Crippen LogP contribution < -0.4 is 4.90 Å². The molecule has 0 atom stereocenters. The molecule has 4 rings (SSSR count). The van der Waals surface area contributed by atoms with E-state index in [1.807, 2.05) is 6.07 Å². The number of anilines is 1. The Kier molecular flexibility index (Phi) is 4.11. The number of ether oxygens (including phenoxy) is 2. The molecule has 2 aromatic rings. The van der Waals surface area contributed by atoms with Crippen LogP contribution in [0.3, 0.4) is 0 Å². The van der Waals surface area contributed by atoms with Crippen molar-refractivity contribution in [3.63, 3.8) is 0 Å². The molecule has 0 radical (unpaired) electrons. The van der Waals surface area contributed by atoms with Gasteiger partial charge in [-0.05, 0) is 13.0 Å². The number of piperidine rings is 1. The fourth-order valence-corrected chi connectivity index (χ4v) is 3.25. The van der Waals surface area contributed by atoms with Gasteiger partial charge in [0.15, 0.2) is 11.5 Å². The highest BCUT2D eigenvalue weighted by Gasteiger charge is 2.40. The van der Waals surface area contributed by atoms with E-state index >= 15 is 0 Å². The van der Waals surface area contributed by atoms with Crippen LogP contribution >= 0.6 is 0 Å². The van der Waals surface area contributed by atoms with Crippen LogP contribution in [0.5, 0.6) is 0 Å². The zero-order valence-electron chi connectivity index (χ0n) is 14.2. The van der Waals surface area contributed by atoms with Gasteiger partial charge in [-0.1, -0.05) is 0 Å². The highest BCUT2D eigenvalue weighted by molar-refractivity contribution is 5.42. The number of aryl methyl sites for hydroxylation is 1. The summed E-state index contributed by atoms with van der Waals surface area (Å²) in [6.45, 7) is 4.36. The van der Waals surface area contributed by atoms with Crippen LogP contribution in [0.2, 0.25) is 0 Å². The normalized spacial score (nSPS) is 20.1. The van der Waals surface area contributed by atoms with E-state index in [1.165, 1.54) is 6.20 Å². The molecule has 2 aliphatic rings. The van der Waals surface area contributed by atoms with Gasteiger partial charge in [0.25, 0.3) is 5.95 Å². The molecule has 10 heteroatoms. The van der Waals surface area contributed by atoms with Crippen LogP contribution in [0, 0.1) is 6.92 Å². The van der Waals surface area contributed by atoms with E-state index in [4.69, 9.17) is 9.47 Å². The van der Waals surface area contributed by atoms with Crippen LogP contribution in [-0.2, 0) is 15.7 Å². The summed E-state index contributed by atoms with van der Waals surface area (Å²) in [6, 6.07) is 2.72. The Bertz CT molecular complexity index is 791. The van der Waals surface area contributed by atoms with Crippen molar-refractivity contribution in [1.82, 2.24) is 19.7 Å². The molecule has 140 valence electrons. The Morgan fingerprint density at radius 3 is 2.42 bits per heavy atom. The van der Waals surface area contributed by atoms with Gasteiger partial charge in [-0.2, -0.15) is 23.3 Å². The van der Waals surface area contributed by atoms with Gasteiger partial charge in [-0.3, -0.25) is 0 Å². The van der Waals surface area contributed by atoms with Crippen LogP contribution in [0.1, 0.15) is 24.2 Å². The third kappa shape index (κ3) is 3.26. The monoisotopic (exact) mass is 369 g/mol. The first-order valence-corrected chi connectivity index (χ1v) is 8.36. The van der Waals surface area contributed by atoms with Gasteiger partial charge in [0.1, 0.15) is 5.82 Å².